The van der Waals surface area contributed by atoms with Crippen LogP contribution in [0.15, 0.2) is 24.3 Å². The van der Waals surface area contributed by atoms with Gasteiger partial charge in [-0.3, -0.25) is 4.79 Å². The van der Waals surface area contributed by atoms with Crippen LogP contribution in [0.25, 0.3) is 0 Å². The molecule has 0 saturated heterocycles. The number of rotatable bonds is 3. The van der Waals surface area contributed by atoms with Crippen LogP contribution in [0.1, 0.15) is 48.5 Å². The Morgan fingerprint density at radius 1 is 1.28 bits per heavy atom. The molecule has 1 aliphatic rings. The molecule has 1 aliphatic carbocycles. The van der Waals surface area contributed by atoms with E-state index in [1.54, 1.807) is 6.07 Å². The minimum absolute atomic E-state index is 0.0971. The van der Waals surface area contributed by atoms with E-state index < -0.39 is 0 Å². The molecule has 18 heavy (non-hydrogen) atoms. The maximum Gasteiger partial charge on any atom is 0.338 e. The van der Waals surface area contributed by atoms with Crippen molar-refractivity contribution in [3.63, 3.8) is 0 Å². The lowest BCUT2D eigenvalue weighted by molar-refractivity contribution is -0.122. The third-order valence-corrected chi connectivity index (χ3v) is 3.38. The fourth-order valence-electron chi connectivity index (χ4n) is 2.27. The maximum atomic E-state index is 12.1. The highest BCUT2D eigenvalue weighted by Gasteiger charge is 2.23. The van der Waals surface area contributed by atoms with Crippen molar-refractivity contribution in [2.75, 3.05) is 0 Å². The second-order valence-corrected chi connectivity index (χ2v) is 4.65. The van der Waals surface area contributed by atoms with Crippen molar-refractivity contribution in [2.45, 2.75) is 45.1 Å². The molecule has 0 spiro atoms. The zero-order valence-electron chi connectivity index (χ0n) is 10.6. The lowest BCUT2D eigenvalue weighted by Crippen LogP contribution is -2.24. The van der Waals surface area contributed by atoms with Gasteiger partial charge in [-0.25, -0.2) is 4.79 Å². The first kappa shape index (κ1) is 12.8. The first-order chi connectivity index (χ1) is 8.70. The highest BCUT2D eigenvalue weighted by Crippen LogP contribution is 2.20. The van der Waals surface area contributed by atoms with Gasteiger partial charge in [-0.15, -0.1) is 0 Å². The molecule has 0 heterocycles. The van der Waals surface area contributed by atoms with Gasteiger partial charge < -0.3 is 4.74 Å². The molecule has 1 fully saturated rings. The standard InChI is InChI=1S/C15H18O3/c1-2-11-5-3-4-6-14(11)15(17)18-13-9-7-12(16)8-10-13/h3-6,13H,2,7-10H2,1H3. The van der Waals surface area contributed by atoms with Crippen molar-refractivity contribution >= 4 is 11.8 Å². The van der Waals surface area contributed by atoms with Gasteiger partial charge in [0.2, 0.25) is 0 Å². The van der Waals surface area contributed by atoms with Crippen LogP contribution in [0.5, 0.6) is 0 Å². The number of ketones is 1. The van der Waals surface area contributed by atoms with Crippen LogP contribution in [0.3, 0.4) is 0 Å². The fraction of sp³-hybridized carbons (Fsp3) is 0.467. The Hall–Kier alpha value is -1.64. The first-order valence-corrected chi connectivity index (χ1v) is 6.51. The molecular formula is C15H18O3. The molecule has 3 heteroatoms. The Balaban J connectivity index is 2.01. The molecule has 0 N–H and O–H groups in total. The molecule has 96 valence electrons. The van der Waals surface area contributed by atoms with Gasteiger partial charge in [-0.2, -0.15) is 0 Å². The smallest absolute Gasteiger partial charge is 0.338 e. The van der Waals surface area contributed by atoms with Crippen LogP contribution in [0.2, 0.25) is 0 Å². The average molecular weight is 246 g/mol. The highest BCUT2D eigenvalue weighted by atomic mass is 16.5. The van der Waals surface area contributed by atoms with Crippen LogP contribution in [-0.2, 0) is 16.0 Å². The normalized spacial score (nSPS) is 16.6. The van der Waals surface area contributed by atoms with E-state index in [-0.39, 0.29) is 17.9 Å². The summed E-state index contributed by atoms with van der Waals surface area (Å²) in [5.74, 6) is 0.0167. The number of Topliss-reactive ketones (excluding diaryl/α,β-unsaturated/α-hetero) is 1. The Morgan fingerprint density at radius 2 is 1.94 bits per heavy atom. The van der Waals surface area contributed by atoms with Gasteiger partial charge in [0, 0.05) is 12.8 Å². The Morgan fingerprint density at radius 3 is 2.61 bits per heavy atom. The minimum Gasteiger partial charge on any atom is -0.459 e. The molecular weight excluding hydrogens is 228 g/mol. The van der Waals surface area contributed by atoms with Gasteiger partial charge in [0.25, 0.3) is 0 Å². The van der Waals surface area contributed by atoms with Crippen LogP contribution in [0.4, 0.5) is 0 Å². The summed E-state index contributed by atoms with van der Waals surface area (Å²) in [4.78, 5) is 23.2. The van der Waals surface area contributed by atoms with E-state index >= 15 is 0 Å². The number of carbonyl (C=O) groups is 2. The van der Waals surface area contributed by atoms with E-state index in [0.29, 0.717) is 31.2 Å². The summed E-state index contributed by atoms with van der Waals surface area (Å²) in [7, 11) is 0. The van der Waals surface area contributed by atoms with Gasteiger partial charge in [0.15, 0.2) is 0 Å². The second kappa shape index (κ2) is 5.80. The number of benzene rings is 1. The number of ether oxygens (including phenoxy) is 1. The largest absolute Gasteiger partial charge is 0.459 e. The molecule has 1 saturated carbocycles. The highest BCUT2D eigenvalue weighted by molar-refractivity contribution is 5.91. The number of carbonyl (C=O) groups excluding carboxylic acids is 2. The molecule has 1 aromatic rings. The van der Waals surface area contributed by atoms with Gasteiger partial charge in [-0.1, -0.05) is 25.1 Å². The molecule has 0 aliphatic heterocycles. The molecule has 0 unspecified atom stereocenters. The quantitative estimate of drug-likeness (QED) is 0.770. The average Bonchev–Trinajstić information content (AvgIpc) is 2.41. The molecule has 0 bridgehead atoms. The fourth-order valence-corrected chi connectivity index (χ4v) is 2.27. The van der Waals surface area contributed by atoms with Gasteiger partial charge >= 0.3 is 5.97 Å². The van der Waals surface area contributed by atoms with Crippen molar-refractivity contribution in [1.82, 2.24) is 0 Å². The summed E-state index contributed by atoms with van der Waals surface area (Å²) in [5, 5.41) is 0. The zero-order valence-corrected chi connectivity index (χ0v) is 10.6. The third kappa shape index (κ3) is 2.97. The first-order valence-electron chi connectivity index (χ1n) is 6.51. The summed E-state index contributed by atoms with van der Waals surface area (Å²) in [5.41, 5.74) is 1.66. The zero-order chi connectivity index (χ0) is 13.0. The summed E-state index contributed by atoms with van der Waals surface area (Å²) in [6.45, 7) is 2.02. The number of hydrogen-bond acceptors (Lipinski definition) is 3. The van der Waals surface area contributed by atoms with E-state index in [9.17, 15) is 9.59 Å². The molecule has 0 radical (unpaired) electrons. The van der Waals surface area contributed by atoms with Crippen molar-refractivity contribution in [3.05, 3.63) is 35.4 Å². The Labute approximate surface area is 107 Å². The van der Waals surface area contributed by atoms with Crippen LogP contribution in [0, 0.1) is 0 Å². The Kier molecular flexibility index (Phi) is 4.13. The van der Waals surface area contributed by atoms with E-state index in [2.05, 4.69) is 0 Å². The van der Waals surface area contributed by atoms with Gasteiger partial charge in [-0.05, 0) is 30.9 Å². The van der Waals surface area contributed by atoms with E-state index in [1.807, 2.05) is 25.1 Å². The molecule has 0 amide bonds. The molecule has 3 nitrogen and oxygen atoms in total. The summed E-state index contributed by atoms with van der Waals surface area (Å²) in [6.07, 6.45) is 3.12. The van der Waals surface area contributed by atoms with Crippen LogP contribution >= 0.6 is 0 Å². The number of hydrogen-bond donors (Lipinski definition) is 0. The van der Waals surface area contributed by atoms with E-state index in [0.717, 1.165) is 12.0 Å². The summed E-state index contributed by atoms with van der Waals surface area (Å²) in [6, 6.07) is 7.52. The lowest BCUT2D eigenvalue weighted by atomic mass is 9.96. The number of aryl methyl sites for hydroxylation is 1. The Bertz CT molecular complexity index is 441. The molecule has 2 rings (SSSR count). The predicted molar refractivity (Wildman–Crippen MR) is 68.5 cm³/mol. The van der Waals surface area contributed by atoms with E-state index in [1.165, 1.54) is 0 Å². The van der Waals surface area contributed by atoms with Crippen molar-refractivity contribution in [2.24, 2.45) is 0 Å². The molecule has 1 aromatic carbocycles. The molecule has 0 aromatic heterocycles. The monoisotopic (exact) mass is 246 g/mol. The maximum absolute atomic E-state index is 12.1. The lowest BCUT2D eigenvalue weighted by Gasteiger charge is -2.21. The summed E-state index contributed by atoms with van der Waals surface area (Å²) >= 11 is 0. The van der Waals surface area contributed by atoms with Crippen molar-refractivity contribution in [1.29, 1.82) is 0 Å². The van der Waals surface area contributed by atoms with Crippen molar-refractivity contribution < 1.29 is 14.3 Å². The van der Waals surface area contributed by atoms with Crippen molar-refractivity contribution in [3.8, 4) is 0 Å². The van der Waals surface area contributed by atoms with Gasteiger partial charge in [0.1, 0.15) is 11.9 Å². The van der Waals surface area contributed by atoms with Gasteiger partial charge in [0.05, 0.1) is 5.56 Å². The molecule has 0 atom stereocenters. The SMILES string of the molecule is CCc1ccccc1C(=O)OC1CCC(=O)CC1. The minimum atomic E-state index is -0.258. The van der Waals surface area contributed by atoms with Crippen LogP contribution < -0.4 is 0 Å². The van der Waals surface area contributed by atoms with E-state index in [4.69, 9.17) is 4.74 Å². The van der Waals surface area contributed by atoms with Crippen LogP contribution in [-0.4, -0.2) is 17.9 Å². The second-order valence-electron chi connectivity index (χ2n) is 4.65. The topological polar surface area (TPSA) is 43.4 Å². The predicted octanol–water partition coefficient (Wildman–Crippen LogP) is 2.92. The number of esters is 1. The third-order valence-electron chi connectivity index (χ3n) is 3.38. The summed E-state index contributed by atoms with van der Waals surface area (Å²) < 4.78 is 5.48.